The molecule has 0 saturated heterocycles. The fourth-order valence-electron chi connectivity index (χ4n) is 2.44. The van der Waals surface area contributed by atoms with Crippen molar-refractivity contribution in [2.24, 2.45) is 0 Å². The molecule has 1 N–H and O–H groups in total. The number of carboxylic acid groups (broad SMARTS) is 1. The Morgan fingerprint density at radius 1 is 1.33 bits per heavy atom. The highest BCUT2D eigenvalue weighted by atomic mass is 32.2. The van der Waals surface area contributed by atoms with Crippen LogP contribution in [0.2, 0.25) is 0 Å². The lowest BCUT2D eigenvalue weighted by atomic mass is 10.1. The summed E-state index contributed by atoms with van der Waals surface area (Å²) in [5, 5.41) is 8.99. The van der Waals surface area contributed by atoms with Crippen molar-refractivity contribution in [1.29, 1.82) is 0 Å². The van der Waals surface area contributed by atoms with E-state index in [0.29, 0.717) is 11.6 Å². The first-order valence-electron chi connectivity index (χ1n) is 6.99. The fraction of sp³-hybridized carbons (Fsp3) is 0.438. The minimum Gasteiger partial charge on any atom is -0.478 e. The van der Waals surface area contributed by atoms with E-state index in [-0.39, 0.29) is 5.50 Å². The minimum absolute atomic E-state index is 0.277. The van der Waals surface area contributed by atoms with Crippen LogP contribution in [0.5, 0.6) is 0 Å². The zero-order valence-corrected chi connectivity index (χ0v) is 13.9. The molecule has 1 aromatic carbocycles. The predicted molar refractivity (Wildman–Crippen MR) is 88.0 cm³/mol. The van der Waals surface area contributed by atoms with Crippen LogP contribution in [0.15, 0.2) is 29.2 Å². The third-order valence-electron chi connectivity index (χ3n) is 3.87. The molecule has 1 heterocycles. The SMILES string of the molecule is CC1=C(c2ccc(C(=O)O)cc2)N(C)C(N(C)C(C)C)S1. The number of hydrogen-bond acceptors (Lipinski definition) is 4. The molecule has 0 saturated carbocycles. The van der Waals surface area contributed by atoms with E-state index in [9.17, 15) is 4.79 Å². The zero-order chi connectivity index (χ0) is 15.7. The second-order valence-corrected chi connectivity index (χ2v) is 6.87. The molecule has 21 heavy (non-hydrogen) atoms. The van der Waals surface area contributed by atoms with E-state index in [1.165, 1.54) is 10.6 Å². The monoisotopic (exact) mass is 306 g/mol. The normalized spacial score (nSPS) is 19.0. The quantitative estimate of drug-likeness (QED) is 0.924. The number of rotatable bonds is 4. The maximum Gasteiger partial charge on any atom is 0.335 e. The predicted octanol–water partition coefficient (Wildman–Crippen LogP) is 3.38. The number of carboxylic acids is 1. The number of hydrogen-bond donors (Lipinski definition) is 1. The average molecular weight is 306 g/mol. The van der Waals surface area contributed by atoms with Crippen molar-refractivity contribution in [3.63, 3.8) is 0 Å². The van der Waals surface area contributed by atoms with Gasteiger partial charge in [-0.2, -0.15) is 0 Å². The summed E-state index contributed by atoms with van der Waals surface area (Å²) < 4.78 is 0. The van der Waals surface area contributed by atoms with Crippen LogP contribution in [0.25, 0.3) is 5.70 Å². The fourth-order valence-corrected chi connectivity index (χ4v) is 3.80. The van der Waals surface area contributed by atoms with Crippen LogP contribution in [0, 0.1) is 0 Å². The number of benzene rings is 1. The summed E-state index contributed by atoms with van der Waals surface area (Å²) in [6, 6.07) is 7.56. The van der Waals surface area contributed by atoms with Gasteiger partial charge in [0.1, 0.15) is 5.50 Å². The van der Waals surface area contributed by atoms with Crippen LogP contribution < -0.4 is 0 Å². The molecule has 5 heteroatoms. The Balaban J connectivity index is 2.27. The Morgan fingerprint density at radius 2 is 1.90 bits per heavy atom. The molecule has 0 aliphatic carbocycles. The molecule has 1 aliphatic rings. The second-order valence-electron chi connectivity index (χ2n) is 5.60. The molecular weight excluding hydrogens is 284 g/mol. The van der Waals surface area contributed by atoms with E-state index in [2.05, 4.69) is 44.7 Å². The van der Waals surface area contributed by atoms with Gasteiger partial charge in [-0.05, 0) is 45.5 Å². The molecule has 2 rings (SSSR count). The number of thioether (sulfide) groups is 1. The smallest absolute Gasteiger partial charge is 0.335 e. The minimum atomic E-state index is -0.890. The van der Waals surface area contributed by atoms with Crippen molar-refractivity contribution in [3.8, 4) is 0 Å². The van der Waals surface area contributed by atoms with Crippen molar-refractivity contribution in [2.45, 2.75) is 32.3 Å². The van der Waals surface area contributed by atoms with E-state index in [0.717, 1.165) is 5.56 Å². The average Bonchev–Trinajstić information content (AvgIpc) is 2.73. The van der Waals surface area contributed by atoms with Crippen molar-refractivity contribution < 1.29 is 9.90 Å². The lowest BCUT2D eigenvalue weighted by Gasteiger charge is -2.34. The second kappa shape index (κ2) is 6.12. The lowest BCUT2D eigenvalue weighted by Crippen LogP contribution is -2.42. The largest absolute Gasteiger partial charge is 0.478 e. The van der Waals surface area contributed by atoms with Gasteiger partial charge in [-0.15, -0.1) is 0 Å². The highest BCUT2D eigenvalue weighted by molar-refractivity contribution is 8.04. The van der Waals surface area contributed by atoms with Gasteiger partial charge in [0.2, 0.25) is 0 Å². The van der Waals surface area contributed by atoms with E-state index < -0.39 is 5.97 Å². The Kier molecular flexibility index (Phi) is 4.64. The molecule has 0 bridgehead atoms. The van der Waals surface area contributed by atoms with Crippen molar-refractivity contribution in [1.82, 2.24) is 9.80 Å². The maximum atomic E-state index is 10.9. The molecule has 0 amide bonds. The molecule has 1 aromatic rings. The van der Waals surface area contributed by atoms with Gasteiger partial charge in [0, 0.05) is 18.0 Å². The third kappa shape index (κ3) is 3.09. The van der Waals surface area contributed by atoms with Gasteiger partial charge < -0.3 is 10.0 Å². The summed E-state index contributed by atoms with van der Waals surface area (Å²) in [7, 11) is 4.22. The van der Waals surface area contributed by atoms with Crippen LogP contribution in [0.3, 0.4) is 0 Å². The van der Waals surface area contributed by atoms with Crippen LogP contribution in [-0.2, 0) is 0 Å². The summed E-state index contributed by atoms with van der Waals surface area (Å²) in [5.41, 5.74) is 2.84. The summed E-state index contributed by atoms with van der Waals surface area (Å²) in [5.74, 6) is -0.890. The maximum absolute atomic E-state index is 10.9. The zero-order valence-electron chi connectivity index (χ0n) is 13.1. The van der Waals surface area contributed by atoms with Gasteiger partial charge in [0.05, 0.1) is 11.3 Å². The van der Waals surface area contributed by atoms with Gasteiger partial charge in [0.15, 0.2) is 0 Å². The number of allylic oxidation sites excluding steroid dienone is 1. The van der Waals surface area contributed by atoms with Crippen molar-refractivity contribution in [2.75, 3.05) is 14.1 Å². The molecule has 1 atom stereocenters. The van der Waals surface area contributed by atoms with Gasteiger partial charge >= 0.3 is 5.97 Å². The van der Waals surface area contributed by atoms with E-state index in [1.807, 2.05) is 23.9 Å². The van der Waals surface area contributed by atoms with Crippen molar-refractivity contribution in [3.05, 3.63) is 40.3 Å². The van der Waals surface area contributed by atoms with Crippen LogP contribution >= 0.6 is 11.8 Å². The van der Waals surface area contributed by atoms with Crippen LogP contribution in [-0.4, -0.2) is 46.5 Å². The standard InChI is InChI=1S/C16H22N2O2S/c1-10(2)17(4)16-18(5)14(11(3)21-16)12-6-8-13(9-7-12)15(19)20/h6-10,16H,1-5H3,(H,19,20). The molecule has 0 spiro atoms. The molecule has 0 aromatic heterocycles. The lowest BCUT2D eigenvalue weighted by molar-refractivity contribution is 0.0697. The van der Waals surface area contributed by atoms with Gasteiger partial charge in [-0.3, -0.25) is 4.90 Å². The van der Waals surface area contributed by atoms with Gasteiger partial charge in [-0.25, -0.2) is 4.79 Å². The van der Waals surface area contributed by atoms with Crippen LogP contribution in [0.1, 0.15) is 36.7 Å². The first kappa shape index (κ1) is 15.9. The van der Waals surface area contributed by atoms with E-state index in [1.54, 1.807) is 12.1 Å². The molecule has 0 radical (unpaired) electrons. The highest BCUT2D eigenvalue weighted by Crippen LogP contribution is 2.42. The molecule has 0 fully saturated rings. The Labute approximate surface area is 130 Å². The molecular formula is C16H22N2O2S. The van der Waals surface area contributed by atoms with E-state index in [4.69, 9.17) is 5.11 Å². The molecule has 4 nitrogen and oxygen atoms in total. The summed E-state index contributed by atoms with van der Waals surface area (Å²) in [6.45, 7) is 6.49. The third-order valence-corrected chi connectivity index (χ3v) is 5.27. The number of carbonyl (C=O) groups is 1. The first-order valence-corrected chi connectivity index (χ1v) is 7.87. The Bertz CT molecular complexity index is 566. The molecule has 1 aliphatic heterocycles. The first-order chi connectivity index (χ1) is 9.82. The Hall–Kier alpha value is -1.46. The van der Waals surface area contributed by atoms with Crippen LogP contribution in [0.4, 0.5) is 0 Å². The summed E-state index contributed by atoms with van der Waals surface area (Å²) in [4.78, 5) is 16.8. The van der Waals surface area contributed by atoms with Gasteiger partial charge in [-0.1, -0.05) is 23.9 Å². The number of nitrogens with zero attached hydrogens (tertiary/aromatic N) is 2. The topological polar surface area (TPSA) is 43.8 Å². The molecule has 1 unspecified atom stereocenters. The highest BCUT2D eigenvalue weighted by Gasteiger charge is 2.32. The van der Waals surface area contributed by atoms with Gasteiger partial charge in [0.25, 0.3) is 0 Å². The summed E-state index contributed by atoms with van der Waals surface area (Å²) in [6.07, 6.45) is 0. The molecule has 114 valence electrons. The van der Waals surface area contributed by atoms with E-state index >= 15 is 0 Å². The Morgan fingerprint density at radius 3 is 2.38 bits per heavy atom. The van der Waals surface area contributed by atoms with Crippen molar-refractivity contribution >= 4 is 23.4 Å². The number of aromatic carboxylic acids is 1. The summed E-state index contributed by atoms with van der Waals surface area (Å²) >= 11 is 1.84.